The number of hydrogen-bond acceptors (Lipinski definition) is 1. The number of nitrogens with one attached hydrogen (secondary N) is 1. The Morgan fingerprint density at radius 2 is 2.05 bits per heavy atom. The fourth-order valence-corrected chi connectivity index (χ4v) is 3.62. The topological polar surface area (TPSA) is 12.0 Å². The fraction of sp³-hybridized carbons (Fsp3) is 0.333. The zero-order valence-corrected chi connectivity index (χ0v) is 13.6. The molecule has 0 amide bonds. The minimum Gasteiger partial charge on any atom is -0.313 e. The second-order valence-corrected chi connectivity index (χ2v) is 6.59. The minimum absolute atomic E-state index is 0.422. The van der Waals surface area contributed by atoms with E-state index in [0.717, 1.165) is 4.47 Å². The lowest BCUT2D eigenvalue weighted by Gasteiger charge is -2.33. The average molecular weight is 330 g/mol. The van der Waals surface area contributed by atoms with Gasteiger partial charge in [-0.3, -0.25) is 0 Å². The highest BCUT2D eigenvalue weighted by atomic mass is 79.9. The summed E-state index contributed by atoms with van der Waals surface area (Å²) in [6.07, 6.45) is 2.40. The van der Waals surface area contributed by atoms with Crippen molar-refractivity contribution in [3.8, 4) is 0 Å². The molecule has 0 aliphatic heterocycles. The lowest BCUT2D eigenvalue weighted by atomic mass is 9.73. The van der Waals surface area contributed by atoms with Crippen LogP contribution in [0.25, 0.3) is 0 Å². The van der Waals surface area contributed by atoms with Gasteiger partial charge in [0.25, 0.3) is 0 Å². The Morgan fingerprint density at radius 1 is 1.25 bits per heavy atom. The summed E-state index contributed by atoms with van der Waals surface area (Å²) in [5.41, 5.74) is 5.84. The quantitative estimate of drug-likeness (QED) is 0.853. The molecule has 0 bridgehead atoms. The Morgan fingerprint density at radius 3 is 2.80 bits per heavy atom. The Bertz CT molecular complexity index is 621. The summed E-state index contributed by atoms with van der Waals surface area (Å²) >= 11 is 3.59. The van der Waals surface area contributed by atoms with Crippen LogP contribution in [0, 0.1) is 6.92 Å². The number of benzene rings is 2. The molecule has 1 aliphatic carbocycles. The molecule has 20 heavy (non-hydrogen) atoms. The molecule has 104 valence electrons. The Labute approximate surface area is 129 Å². The second kappa shape index (κ2) is 5.71. The molecule has 0 heterocycles. The van der Waals surface area contributed by atoms with E-state index in [1.165, 1.54) is 29.5 Å². The van der Waals surface area contributed by atoms with Gasteiger partial charge in [-0.05, 0) is 67.1 Å². The third kappa shape index (κ3) is 2.55. The van der Waals surface area contributed by atoms with Crippen molar-refractivity contribution < 1.29 is 0 Å². The van der Waals surface area contributed by atoms with Crippen LogP contribution >= 0.6 is 15.9 Å². The zero-order chi connectivity index (χ0) is 14.1. The van der Waals surface area contributed by atoms with E-state index < -0.39 is 0 Å². The van der Waals surface area contributed by atoms with Gasteiger partial charge in [0.05, 0.1) is 0 Å². The number of rotatable bonds is 4. The summed E-state index contributed by atoms with van der Waals surface area (Å²) in [7, 11) is 2.07. The lowest BCUT2D eigenvalue weighted by molar-refractivity contribution is 0.451. The van der Waals surface area contributed by atoms with Crippen LogP contribution in [0.4, 0.5) is 0 Å². The molecule has 0 aromatic heterocycles. The van der Waals surface area contributed by atoms with Gasteiger partial charge in [-0.1, -0.05) is 46.3 Å². The van der Waals surface area contributed by atoms with Gasteiger partial charge in [0, 0.05) is 10.5 Å². The Hall–Kier alpha value is -1.12. The molecule has 0 radical (unpaired) electrons. The monoisotopic (exact) mass is 329 g/mol. The van der Waals surface area contributed by atoms with E-state index in [9.17, 15) is 0 Å². The molecule has 3 rings (SSSR count). The van der Waals surface area contributed by atoms with E-state index in [-0.39, 0.29) is 0 Å². The van der Waals surface area contributed by atoms with Crippen molar-refractivity contribution in [3.63, 3.8) is 0 Å². The van der Waals surface area contributed by atoms with E-state index in [1.54, 1.807) is 5.56 Å². The number of hydrogen-bond donors (Lipinski definition) is 1. The first-order chi connectivity index (χ1) is 9.69. The van der Waals surface area contributed by atoms with Crippen molar-refractivity contribution in [2.24, 2.45) is 0 Å². The first-order valence-electron chi connectivity index (χ1n) is 7.20. The molecule has 0 fully saturated rings. The lowest BCUT2D eigenvalue weighted by Crippen LogP contribution is -2.25. The maximum atomic E-state index is 3.59. The summed E-state index contributed by atoms with van der Waals surface area (Å²) in [6.45, 7) is 2.20. The van der Waals surface area contributed by atoms with Crippen LogP contribution in [0.2, 0.25) is 0 Å². The third-order valence-electron chi connectivity index (χ3n) is 4.45. The van der Waals surface area contributed by atoms with Gasteiger partial charge >= 0.3 is 0 Å². The van der Waals surface area contributed by atoms with Crippen LogP contribution in [-0.2, 0) is 6.42 Å². The maximum absolute atomic E-state index is 3.59. The average Bonchev–Trinajstić information content (AvgIpc) is 2.43. The Balaban J connectivity index is 1.80. The Kier molecular flexibility index (Phi) is 3.95. The summed E-state index contributed by atoms with van der Waals surface area (Å²) in [4.78, 5) is 0. The molecule has 0 saturated heterocycles. The fourth-order valence-electron chi connectivity index (χ4n) is 3.24. The number of halogens is 1. The maximum Gasteiger partial charge on any atom is 0.0326 e. The SMILES string of the molecule is CNC(CC1Cc2ccccc21)c1cc(Br)ccc1C. The van der Waals surface area contributed by atoms with Gasteiger partial charge in [0.15, 0.2) is 0 Å². The van der Waals surface area contributed by atoms with Crippen LogP contribution in [0.3, 0.4) is 0 Å². The van der Waals surface area contributed by atoms with Crippen molar-refractivity contribution in [2.45, 2.75) is 31.7 Å². The second-order valence-electron chi connectivity index (χ2n) is 5.68. The van der Waals surface area contributed by atoms with Gasteiger partial charge < -0.3 is 5.32 Å². The van der Waals surface area contributed by atoms with Gasteiger partial charge in [0.1, 0.15) is 0 Å². The molecule has 2 aromatic rings. The third-order valence-corrected chi connectivity index (χ3v) is 4.94. The summed E-state index contributed by atoms with van der Waals surface area (Å²) in [5.74, 6) is 0.696. The van der Waals surface area contributed by atoms with Crippen LogP contribution in [-0.4, -0.2) is 7.05 Å². The molecular formula is C18H20BrN. The standard InChI is InChI=1S/C18H20BrN/c1-12-7-8-15(19)11-17(12)18(20-2)10-14-9-13-5-3-4-6-16(13)14/h3-8,11,14,18,20H,9-10H2,1-2H3. The van der Waals surface area contributed by atoms with Crippen LogP contribution < -0.4 is 5.32 Å². The first-order valence-corrected chi connectivity index (χ1v) is 7.99. The van der Waals surface area contributed by atoms with Crippen molar-refractivity contribution in [1.82, 2.24) is 5.32 Å². The van der Waals surface area contributed by atoms with Gasteiger partial charge in [-0.25, -0.2) is 0 Å². The molecule has 0 saturated carbocycles. The van der Waals surface area contributed by atoms with E-state index in [4.69, 9.17) is 0 Å². The van der Waals surface area contributed by atoms with Crippen LogP contribution in [0.1, 0.15) is 40.6 Å². The molecule has 1 aliphatic rings. The van der Waals surface area contributed by atoms with Gasteiger partial charge in [0.2, 0.25) is 0 Å². The predicted molar refractivity (Wildman–Crippen MR) is 88.2 cm³/mol. The largest absolute Gasteiger partial charge is 0.313 e. The van der Waals surface area contributed by atoms with Crippen molar-refractivity contribution >= 4 is 15.9 Å². The van der Waals surface area contributed by atoms with E-state index in [0.29, 0.717) is 12.0 Å². The molecule has 2 atom stereocenters. The smallest absolute Gasteiger partial charge is 0.0326 e. The van der Waals surface area contributed by atoms with E-state index in [1.807, 2.05) is 0 Å². The highest BCUT2D eigenvalue weighted by Gasteiger charge is 2.28. The normalized spacial score (nSPS) is 18.2. The number of aryl methyl sites for hydroxylation is 1. The predicted octanol–water partition coefficient (Wildman–Crippen LogP) is 4.75. The van der Waals surface area contributed by atoms with Crippen molar-refractivity contribution in [2.75, 3.05) is 7.05 Å². The van der Waals surface area contributed by atoms with Crippen LogP contribution in [0.15, 0.2) is 46.9 Å². The molecule has 2 heteroatoms. The molecule has 1 N–H and O–H groups in total. The number of fused-ring (bicyclic) bond motifs is 1. The van der Waals surface area contributed by atoms with Crippen molar-refractivity contribution in [3.05, 3.63) is 69.2 Å². The van der Waals surface area contributed by atoms with Crippen molar-refractivity contribution in [1.29, 1.82) is 0 Å². The highest BCUT2D eigenvalue weighted by molar-refractivity contribution is 9.10. The molecule has 2 aromatic carbocycles. The zero-order valence-electron chi connectivity index (χ0n) is 12.0. The van der Waals surface area contributed by atoms with Gasteiger partial charge in [-0.2, -0.15) is 0 Å². The van der Waals surface area contributed by atoms with E-state index >= 15 is 0 Å². The molecule has 1 nitrogen and oxygen atoms in total. The first kappa shape index (κ1) is 13.8. The van der Waals surface area contributed by atoms with Crippen LogP contribution in [0.5, 0.6) is 0 Å². The molecular weight excluding hydrogens is 310 g/mol. The molecule has 2 unspecified atom stereocenters. The summed E-state index contributed by atoms with van der Waals surface area (Å²) in [6, 6.07) is 15.8. The van der Waals surface area contributed by atoms with E-state index in [2.05, 4.69) is 77.7 Å². The summed E-state index contributed by atoms with van der Waals surface area (Å²) in [5, 5.41) is 3.50. The minimum atomic E-state index is 0.422. The molecule has 0 spiro atoms. The summed E-state index contributed by atoms with van der Waals surface area (Å²) < 4.78 is 1.16. The van der Waals surface area contributed by atoms with Gasteiger partial charge in [-0.15, -0.1) is 0 Å². The highest BCUT2D eigenvalue weighted by Crippen LogP contribution is 2.41.